The molecule has 3 rings (SSSR count). The van der Waals surface area contributed by atoms with Gasteiger partial charge in [0.1, 0.15) is 0 Å². The number of nitrogens with zero attached hydrogens (tertiary/aromatic N) is 3. The summed E-state index contributed by atoms with van der Waals surface area (Å²) in [7, 11) is 1.91. The van der Waals surface area contributed by atoms with Crippen LogP contribution < -0.4 is 5.32 Å². The maximum Gasteiger partial charge on any atom is 0.193 e. The summed E-state index contributed by atoms with van der Waals surface area (Å²) in [6, 6.07) is 0. The van der Waals surface area contributed by atoms with Gasteiger partial charge in [-0.25, -0.2) is 0 Å². The van der Waals surface area contributed by atoms with Gasteiger partial charge in [0.2, 0.25) is 0 Å². The molecule has 3 heterocycles. The number of hydrogen-bond acceptors (Lipinski definition) is 3. The van der Waals surface area contributed by atoms with Crippen molar-refractivity contribution in [3.63, 3.8) is 0 Å². The fraction of sp³-hybridized carbons (Fsp3) is 0.833. The van der Waals surface area contributed by atoms with Crippen LogP contribution in [0.15, 0.2) is 16.6 Å². The van der Waals surface area contributed by atoms with Gasteiger partial charge in [-0.2, -0.15) is 0 Å². The molecule has 2 saturated heterocycles. The Labute approximate surface area is 140 Å². The van der Waals surface area contributed by atoms with E-state index in [0.29, 0.717) is 0 Å². The highest BCUT2D eigenvalue weighted by atomic mass is 16.5. The molecular weight excluding hydrogens is 288 g/mol. The number of ether oxygens (including phenoxy) is 1. The Morgan fingerprint density at radius 3 is 2.96 bits per heavy atom. The second-order valence-electron chi connectivity index (χ2n) is 7.02. The van der Waals surface area contributed by atoms with Crippen LogP contribution in [-0.4, -0.2) is 75.3 Å². The van der Waals surface area contributed by atoms with Crippen molar-refractivity contribution in [1.29, 1.82) is 0 Å². The summed E-state index contributed by atoms with van der Waals surface area (Å²) in [5, 5.41) is 3.55. The van der Waals surface area contributed by atoms with Crippen LogP contribution in [0.2, 0.25) is 0 Å². The minimum Gasteiger partial charge on any atom is -0.377 e. The van der Waals surface area contributed by atoms with Crippen molar-refractivity contribution in [2.45, 2.75) is 32.1 Å². The van der Waals surface area contributed by atoms with Crippen molar-refractivity contribution in [2.75, 3.05) is 59.5 Å². The van der Waals surface area contributed by atoms with Crippen molar-refractivity contribution in [3.8, 4) is 0 Å². The van der Waals surface area contributed by atoms with Crippen molar-refractivity contribution < 1.29 is 4.74 Å². The third-order valence-electron chi connectivity index (χ3n) is 5.30. The lowest BCUT2D eigenvalue weighted by atomic mass is 10.1. The first-order valence-corrected chi connectivity index (χ1v) is 9.29. The average Bonchev–Trinajstić information content (AvgIpc) is 3.25. The molecule has 0 aromatic rings. The van der Waals surface area contributed by atoms with Gasteiger partial charge in [0.25, 0.3) is 0 Å². The third kappa shape index (κ3) is 4.95. The predicted octanol–water partition coefficient (Wildman–Crippen LogP) is 1.72. The highest BCUT2D eigenvalue weighted by molar-refractivity contribution is 5.80. The Hall–Kier alpha value is -1.07. The Morgan fingerprint density at radius 2 is 2.22 bits per heavy atom. The number of aliphatic imine (C=N–C) groups is 1. The van der Waals surface area contributed by atoms with Gasteiger partial charge in [-0.05, 0) is 51.1 Å². The van der Waals surface area contributed by atoms with Gasteiger partial charge in [0.05, 0.1) is 13.2 Å². The zero-order valence-electron chi connectivity index (χ0n) is 14.6. The summed E-state index contributed by atoms with van der Waals surface area (Å²) in [5.74, 6) is 1.89. The van der Waals surface area contributed by atoms with E-state index in [2.05, 4.69) is 26.2 Å². The fourth-order valence-electron chi connectivity index (χ4n) is 3.96. The van der Waals surface area contributed by atoms with Crippen LogP contribution in [0.25, 0.3) is 0 Å². The number of hydrogen-bond donors (Lipinski definition) is 1. The molecule has 130 valence electrons. The van der Waals surface area contributed by atoms with E-state index >= 15 is 0 Å². The molecule has 0 aliphatic carbocycles. The summed E-state index contributed by atoms with van der Waals surface area (Å²) in [6.45, 7) is 8.84. The number of guanidine groups is 1. The van der Waals surface area contributed by atoms with Crippen LogP contribution in [0.3, 0.4) is 0 Å². The molecule has 1 atom stereocenters. The molecule has 0 saturated carbocycles. The van der Waals surface area contributed by atoms with E-state index in [9.17, 15) is 0 Å². The van der Waals surface area contributed by atoms with E-state index in [0.717, 1.165) is 57.6 Å². The largest absolute Gasteiger partial charge is 0.377 e. The van der Waals surface area contributed by atoms with E-state index in [4.69, 9.17) is 4.74 Å². The van der Waals surface area contributed by atoms with E-state index < -0.39 is 0 Å². The first kappa shape index (κ1) is 16.8. The van der Waals surface area contributed by atoms with E-state index in [1.165, 1.54) is 44.5 Å². The van der Waals surface area contributed by atoms with Crippen LogP contribution in [0.1, 0.15) is 32.1 Å². The number of rotatable bonds is 5. The Morgan fingerprint density at radius 1 is 1.35 bits per heavy atom. The lowest BCUT2D eigenvalue weighted by Gasteiger charge is -2.23. The average molecular weight is 320 g/mol. The van der Waals surface area contributed by atoms with Gasteiger partial charge in [-0.15, -0.1) is 0 Å². The van der Waals surface area contributed by atoms with Gasteiger partial charge in [-0.3, -0.25) is 4.99 Å². The molecule has 5 heteroatoms. The van der Waals surface area contributed by atoms with Crippen molar-refractivity contribution >= 4 is 5.96 Å². The van der Waals surface area contributed by atoms with E-state index in [1.807, 2.05) is 7.05 Å². The van der Waals surface area contributed by atoms with E-state index in [1.54, 1.807) is 0 Å². The third-order valence-corrected chi connectivity index (χ3v) is 5.30. The second kappa shape index (κ2) is 8.69. The molecule has 3 aliphatic heterocycles. The highest BCUT2D eigenvalue weighted by Crippen LogP contribution is 2.20. The fourth-order valence-corrected chi connectivity index (χ4v) is 3.96. The van der Waals surface area contributed by atoms with Gasteiger partial charge < -0.3 is 19.9 Å². The zero-order valence-corrected chi connectivity index (χ0v) is 14.6. The predicted molar refractivity (Wildman–Crippen MR) is 94.9 cm³/mol. The van der Waals surface area contributed by atoms with Crippen LogP contribution >= 0.6 is 0 Å². The maximum atomic E-state index is 5.36. The van der Waals surface area contributed by atoms with Gasteiger partial charge in [-0.1, -0.05) is 11.6 Å². The van der Waals surface area contributed by atoms with Crippen LogP contribution in [-0.2, 0) is 4.74 Å². The normalized spacial score (nSPS) is 26.7. The molecule has 0 spiro atoms. The molecule has 0 aromatic heterocycles. The second-order valence-corrected chi connectivity index (χ2v) is 7.02. The SMILES string of the molecule is CN=C(NCCC1=CCOCC1)N1CCC(CN2CCCC2)C1. The lowest BCUT2D eigenvalue weighted by Crippen LogP contribution is -2.41. The standard InChI is InChI=1S/C18H32N4O/c1-19-18(20-8-4-16-6-12-23-13-7-16)22-11-5-17(15-22)14-21-9-2-3-10-21/h6,17H,2-5,7-15H2,1H3,(H,19,20). The van der Waals surface area contributed by atoms with Crippen molar-refractivity contribution in [3.05, 3.63) is 11.6 Å². The molecular formula is C18H32N4O. The first-order chi connectivity index (χ1) is 11.3. The smallest absolute Gasteiger partial charge is 0.193 e. The molecule has 1 N–H and O–H groups in total. The summed E-state index contributed by atoms with van der Waals surface area (Å²) in [5.41, 5.74) is 1.52. The van der Waals surface area contributed by atoms with Gasteiger partial charge in [0.15, 0.2) is 5.96 Å². The Bertz CT molecular complexity index is 429. The molecule has 3 aliphatic rings. The zero-order chi connectivity index (χ0) is 15.9. The lowest BCUT2D eigenvalue weighted by molar-refractivity contribution is 0.153. The minimum atomic E-state index is 0.786. The summed E-state index contributed by atoms with van der Waals surface area (Å²) in [4.78, 5) is 9.58. The first-order valence-electron chi connectivity index (χ1n) is 9.29. The molecule has 5 nitrogen and oxygen atoms in total. The van der Waals surface area contributed by atoms with Crippen LogP contribution in [0.5, 0.6) is 0 Å². The molecule has 0 radical (unpaired) electrons. The summed E-state index contributed by atoms with van der Waals surface area (Å²) < 4.78 is 5.36. The van der Waals surface area contributed by atoms with Gasteiger partial charge in [0, 0.05) is 33.2 Å². The van der Waals surface area contributed by atoms with Crippen LogP contribution in [0, 0.1) is 5.92 Å². The maximum absolute atomic E-state index is 5.36. The minimum absolute atomic E-state index is 0.786. The van der Waals surface area contributed by atoms with E-state index in [-0.39, 0.29) is 0 Å². The highest BCUT2D eigenvalue weighted by Gasteiger charge is 2.27. The number of nitrogens with one attached hydrogen (secondary N) is 1. The number of likely N-dealkylation sites (tertiary alicyclic amines) is 2. The molecule has 0 amide bonds. The summed E-state index contributed by atoms with van der Waals surface area (Å²) >= 11 is 0. The summed E-state index contributed by atoms with van der Waals surface area (Å²) in [6.07, 6.45) is 8.51. The van der Waals surface area contributed by atoms with Crippen molar-refractivity contribution in [2.24, 2.45) is 10.9 Å². The van der Waals surface area contributed by atoms with Gasteiger partial charge >= 0.3 is 0 Å². The molecule has 2 fully saturated rings. The monoisotopic (exact) mass is 320 g/mol. The molecule has 1 unspecified atom stereocenters. The van der Waals surface area contributed by atoms with Crippen LogP contribution in [0.4, 0.5) is 0 Å². The van der Waals surface area contributed by atoms with Crippen molar-refractivity contribution in [1.82, 2.24) is 15.1 Å². The quantitative estimate of drug-likeness (QED) is 0.476. The molecule has 0 aromatic carbocycles. The topological polar surface area (TPSA) is 40.1 Å². The Kier molecular flexibility index (Phi) is 6.34. The molecule has 0 bridgehead atoms. The molecule has 23 heavy (non-hydrogen) atoms. The Balaban J connectivity index is 1.39.